The van der Waals surface area contributed by atoms with Crippen LogP contribution in [0.5, 0.6) is 5.75 Å². The number of aliphatic hydroxyl groups excluding tert-OH is 1. The summed E-state index contributed by atoms with van der Waals surface area (Å²) in [6.45, 7) is -0.346. The van der Waals surface area contributed by atoms with E-state index >= 15 is 0 Å². The van der Waals surface area contributed by atoms with E-state index in [0.717, 1.165) is 12.8 Å². The van der Waals surface area contributed by atoms with Gasteiger partial charge in [0.15, 0.2) is 0 Å². The van der Waals surface area contributed by atoms with Crippen molar-refractivity contribution in [1.29, 1.82) is 0 Å². The number of rotatable bonds is 8. The first-order chi connectivity index (χ1) is 15.9. The number of benzene rings is 2. The summed E-state index contributed by atoms with van der Waals surface area (Å²) in [5, 5.41) is 12.9. The van der Waals surface area contributed by atoms with E-state index < -0.39 is 22.2 Å². The summed E-state index contributed by atoms with van der Waals surface area (Å²) in [5.74, 6) is 0.345. The van der Waals surface area contributed by atoms with E-state index in [9.17, 15) is 18.3 Å². The molecule has 1 aliphatic carbocycles. The molecule has 1 aliphatic heterocycles. The molecular formula is C24H30N2O6S. The molecule has 2 aliphatic rings. The predicted octanol–water partition coefficient (Wildman–Crippen LogP) is 1.56. The van der Waals surface area contributed by atoms with Gasteiger partial charge in [-0.15, -0.1) is 0 Å². The van der Waals surface area contributed by atoms with E-state index in [2.05, 4.69) is 22.2 Å². The lowest BCUT2D eigenvalue weighted by Gasteiger charge is -2.35. The van der Waals surface area contributed by atoms with Gasteiger partial charge in [-0.05, 0) is 48.9 Å². The van der Waals surface area contributed by atoms with Crippen molar-refractivity contribution in [1.82, 2.24) is 10.0 Å². The molecule has 0 bridgehead atoms. The van der Waals surface area contributed by atoms with Gasteiger partial charge in [0, 0.05) is 12.1 Å². The molecule has 0 unspecified atom stereocenters. The van der Waals surface area contributed by atoms with Crippen LogP contribution in [0.4, 0.5) is 0 Å². The number of ether oxygens (including phenoxy) is 2. The van der Waals surface area contributed by atoms with Crippen LogP contribution in [0.2, 0.25) is 0 Å². The third-order valence-electron chi connectivity index (χ3n) is 6.28. The Labute approximate surface area is 194 Å². The summed E-state index contributed by atoms with van der Waals surface area (Å²) in [5.41, 5.74) is 2.53. The summed E-state index contributed by atoms with van der Waals surface area (Å²) in [6.07, 6.45) is 1.69. The van der Waals surface area contributed by atoms with Crippen LogP contribution in [0, 0.1) is 0 Å². The van der Waals surface area contributed by atoms with Gasteiger partial charge in [-0.2, -0.15) is 0 Å². The van der Waals surface area contributed by atoms with Gasteiger partial charge in [0.2, 0.25) is 15.9 Å². The van der Waals surface area contributed by atoms with Crippen LogP contribution in [0.3, 0.4) is 0 Å². The Morgan fingerprint density at radius 3 is 2.52 bits per heavy atom. The molecule has 2 aromatic rings. The number of aliphatic hydroxyl groups is 1. The molecule has 0 radical (unpaired) electrons. The summed E-state index contributed by atoms with van der Waals surface area (Å²) >= 11 is 0. The molecule has 8 nitrogen and oxygen atoms in total. The largest absolute Gasteiger partial charge is 0.497 e. The van der Waals surface area contributed by atoms with Crippen molar-refractivity contribution in [2.24, 2.45) is 0 Å². The average molecular weight is 475 g/mol. The van der Waals surface area contributed by atoms with Gasteiger partial charge >= 0.3 is 0 Å². The first-order valence-corrected chi connectivity index (χ1v) is 12.6. The second kappa shape index (κ2) is 10.2. The fourth-order valence-corrected chi connectivity index (χ4v) is 5.94. The number of amides is 1. The molecule has 1 saturated heterocycles. The lowest BCUT2D eigenvalue weighted by atomic mass is 9.97. The molecule has 1 fully saturated rings. The van der Waals surface area contributed by atoms with Gasteiger partial charge in [-0.1, -0.05) is 30.3 Å². The summed E-state index contributed by atoms with van der Waals surface area (Å²) in [6, 6.07) is 13.9. The van der Waals surface area contributed by atoms with Crippen LogP contribution < -0.4 is 14.8 Å². The summed E-state index contributed by atoms with van der Waals surface area (Å²) < 4.78 is 39.3. The topological polar surface area (TPSA) is 114 Å². The fraction of sp³-hybridized carbons (Fsp3) is 0.458. The maximum atomic E-state index is 12.8. The van der Waals surface area contributed by atoms with E-state index in [4.69, 9.17) is 9.47 Å². The highest BCUT2D eigenvalue weighted by Gasteiger charge is 2.35. The Morgan fingerprint density at radius 1 is 1.12 bits per heavy atom. The number of methoxy groups -OCH3 is 1. The minimum atomic E-state index is -3.82. The monoisotopic (exact) mass is 474 g/mol. The number of fused-ring (bicyclic) bond motifs is 1. The molecule has 2 aromatic carbocycles. The molecule has 1 heterocycles. The van der Waals surface area contributed by atoms with Gasteiger partial charge < -0.3 is 19.9 Å². The molecule has 1 amide bonds. The average Bonchev–Trinajstić information content (AvgIpc) is 3.22. The number of hydrogen-bond donors (Lipinski definition) is 3. The lowest BCUT2D eigenvalue weighted by molar-refractivity contribution is -0.131. The third-order valence-corrected chi connectivity index (χ3v) is 7.77. The zero-order valence-corrected chi connectivity index (χ0v) is 19.4. The van der Waals surface area contributed by atoms with E-state index in [-0.39, 0.29) is 36.0 Å². The van der Waals surface area contributed by atoms with E-state index in [0.29, 0.717) is 18.6 Å². The van der Waals surface area contributed by atoms with Crippen molar-refractivity contribution in [2.75, 3.05) is 13.7 Å². The highest BCUT2D eigenvalue weighted by molar-refractivity contribution is 7.89. The Hall–Kier alpha value is -2.46. The van der Waals surface area contributed by atoms with Crippen LogP contribution in [0.1, 0.15) is 30.4 Å². The molecule has 3 N–H and O–H groups in total. The Kier molecular flexibility index (Phi) is 7.33. The van der Waals surface area contributed by atoms with Gasteiger partial charge in [-0.3, -0.25) is 4.79 Å². The minimum Gasteiger partial charge on any atom is -0.497 e. The highest BCUT2D eigenvalue weighted by atomic mass is 32.2. The smallest absolute Gasteiger partial charge is 0.241 e. The number of hydrogen-bond acceptors (Lipinski definition) is 6. The van der Waals surface area contributed by atoms with Crippen molar-refractivity contribution in [3.05, 3.63) is 59.7 Å². The summed E-state index contributed by atoms with van der Waals surface area (Å²) in [4.78, 5) is 12.7. The number of carbonyl (C=O) groups excluding carboxylic acids is 1. The molecule has 0 spiro atoms. The van der Waals surface area contributed by atoms with Crippen molar-refractivity contribution in [3.63, 3.8) is 0 Å². The predicted molar refractivity (Wildman–Crippen MR) is 122 cm³/mol. The Morgan fingerprint density at radius 2 is 1.85 bits per heavy atom. The highest BCUT2D eigenvalue weighted by Crippen LogP contribution is 2.26. The van der Waals surface area contributed by atoms with E-state index in [1.54, 1.807) is 12.1 Å². The van der Waals surface area contributed by atoms with Crippen LogP contribution >= 0.6 is 0 Å². The zero-order valence-electron chi connectivity index (χ0n) is 18.6. The molecule has 9 heteroatoms. The quantitative estimate of drug-likeness (QED) is 0.535. The first kappa shape index (κ1) is 23.7. The summed E-state index contributed by atoms with van der Waals surface area (Å²) in [7, 11) is -2.35. The maximum absolute atomic E-state index is 12.8. The van der Waals surface area contributed by atoms with Gasteiger partial charge in [0.25, 0.3) is 0 Å². The maximum Gasteiger partial charge on any atom is 0.241 e. The van der Waals surface area contributed by atoms with E-state index in [1.807, 2.05) is 12.1 Å². The molecule has 4 rings (SSSR count). The molecular weight excluding hydrogens is 444 g/mol. The van der Waals surface area contributed by atoms with Crippen LogP contribution in [0.15, 0.2) is 53.4 Å². The Balaban J connectivity index is 1.30. The molecule has 0 aromatic heterocycles. The van der Waals surface area contributed by atoms with Crippen molar-refractivity contribution in [3.8, 4) is 5.75 Å². The van der Waals surface area contributed by atoms with Gasteiger partial charge in [0.05, 0.1) is 43.3 Å². The van der Waals surface area contributed by atoms with Crippen molar-refractivity contribution < 1.29 is 27.8 Å². The fourth-order valence-electron chi connectivity index (χ4n) is 4.61. The van der Waals surface area contributed by atoms with Gasteiger partial charge in [0.1, 0.15) is 5.75 Å². The minimum absolute atomic E-state index is 0.0783. The number of carbonyl (C=O) groups is 1. The molecule has 33 heavy (non-hydrogen) atoms. The first-order valence-electron chi connectivity index (χ1n) is 11.2. The zero-order chi connectivity index (χ0) is 23.4. The molecule has 0 saturated carbocycles. The van der Waals surface area contributed by atoms with Crippen LogP contribution in [-0.4, -0.2) is 57.4 Å². The molecule has 3 atom stereocenters. The second-order valence-corrected chi connectivity index (χ2v) is 10.3. The second-order valence-electron chi connectivity index (χ2n) is 8.61. The van der Waals surface area contributed by atoms with Crippen LogP contribution in [0.25, 0.3) is 0 Å². The SMILES string of the molecule is COc1cccc(S(=O)(=O)N[C@H]2CC[C@@H](CC(=O)NC3Cc4ccccc4C3)O[C@H]2CO)c1. The standard InChI is InChI=1S/C24H30N2O6S/c1-31-19-7-4-8-21(13-19)33(29,30)26-22-10-9-20(32-23(22)15-27)14-24(28)25-18-11-16-5-2-3-6-17(16)12-18/h2-8,13,18,20,22-23,26-27H,9-12,14-15H2,1H3,(H,25,28)/t20-,22-,23-/m0/s1. The Bertz CT molecular complexity index is 1060. The van der Waals surface area contributed by atoms with Crippen LogP contribution in [-0.2, 0) is 32.4 Å². The number of sulfonamides is 1. The molecule has 178 valence electrons. The van der Waals surface area contributed by atoms with Crippen molar-refractivity contribution in [2.45, 2.75) is 61.3 Å². The van der Waals surface area contributed by atoms with Crippen molar-refractivity contribution >= 4 is 15.9 Å². The number of nitrogens with one attached hydrogen (secondary N) is 2. The lowest BCUT2D eigenvalue weighted by Crippen LogP contribution is -2.51. The van der Waals surface area contributed by atoms with E-state index in [1.165, 1.54) is 30.4 Å². The van der Waals surface area contributed by atoms with Gasteiger partial charge in [-0.25, -0.2) is 13.1 Å². The normalized spacial score (nSPS) is 23.2. The third kappa shape index (κ3) is 5.73.